The minimum absolute atomic E-state index is 0.139. The molecule has 5 nitrogen and oxygen atoms in total. The predicted octanol–water partition coefficient (Wildman–Crippen LogP) is 4.97. The number of nitriles is 1. The van der Waals surface area contributed by atoms with Crippen LogP contribution in [0.25, 0.3) is 0 Å². The van der Waals surface area contributed by atoms with Crippen LogP contribution in [0, 0.1) is 39.0 Å². The second-order valence-corrected chi connectivity index (χ2v) is 7.83. The van der Waals surface area contributed by atoms with Gasteiger partial charge in [0, 0.05) is 10.6 Å². The lowest BCUT2D eigenvalue weighted by Crippen LogP contribution is -2.18. The number of benzene rings is 1. The molecular formula is C22H23N3O2S. The Labute approximate surface area is 169 Å². The average molecular weight is 394 g/mol. The minimum Gasteiger partial charge on any atom is -0.467 e. The maximum absolute atomic E-state index is 12.6. The molecule has 144 valence electrons. The number of hydrogen-bond donors (Lipinski definition) is 1. The van der Waals surface area contributed by atoms with Crippen LogP contribution >= 0.6 is 11.8 Å². The summed E-state index contributed by atoms with van der Waals surface area (Å²) in [5, 5.41) is 12.5. The first kappa shape index (κ1) is 19.8. The number of furan rings is 1. The van der Waals surface area contributed by atoms with Gasteiger partial charge < -0.3 is 14.3 Å². The Morgan fingerprint density at radius 1 is 1.25 bits per heavy atom. The van der Waals surface area contributed by atoms with Crippen molar-refractivity contribution in [3.8, 4) is 6.07 Å². The lowest BCUT2D eigenvalue weighted by molar-refractivity contribution is -0.113. The number of nitrogens with one attached hydrogen (secondary N) is 1. The Kier molecular flexibility index (Phi) is 5.96. The van der Waals surface area contributed by atoms with E-state index >= 15 is 0 Å². The van der Waals surface area contributed by atoms with Crippen LogP contribution in [0.4, 0.5) is 5.82 Å². The Balaban J connectivity index is 1.79. The summed E-state index contributed by atoms with van der Waals surface area (Å²) < 4.78 is 7.37. The van der Waals surface area contributed by atoms with E-state index in [0.717, 1.165) is 27.5 Å². The van der Waals surface area contributed by atoms with Gasteiger partial charge in [0.1, 0.15) is 17.6 Å². The summed E-state index contributed by atoms with van der Waals surface area (Å²) in [6.45, 7) is 8.39. The van der Waals surface area contributed by atoms with Crippen LogP contribution in [0.5, 0.6) is 0 Å². The summed E-state index contributed by atoms with van der Waals surface area (Å²) in [4.78, 5) is 13.7. The Morgan fingerprint density at radius 2 is 2.04 bits per heavy atom. The van der Waals surface area contributed by atoms with Gasteiger partial charge in [-0.15, -0.1) is 11.8 Å². The molecule has 0 saturated carbocycles. The van der Waals surface area contributed by atoms with Crippen molar-refractivity contribution in [3.05, 3.63) is 70.3 Å². The summed E-state index contributed by atoms with van der Waals surface area (Å²) >= 11 is 1.50. The molecule has 3 aromatic rings. The topological polar surface area (TPSA) is 71.0 Å². The van der Waals surface area contributed by atoms with Crippen molar-refractivity contribution in [2.45, 2.75) is 39.1 Å². The summed E-state index contributed by atoms with van der Waals surface area (Å²) in [5.41, 5.74) is 4.65. The van der Waals surface area contributed by atoms with E-state index in [1.807, 2.05) is 49.6 Å². The zero-order valence-electron chi connectivity index (χ0n) is 16.5. The fourth-order valence-electron chi connectivity index (χ4n) is 3.16. The molecule has 0 fully saturated rings. The standard InChI is InChI=1S/C22H23N3O2S/c1-14-7-8-20(15(2)10-14)28-13-21(26)24-22-19(11-23)16(3)17(4)25(22)12-18-6-5-9-27-18/h5-10H,12-13H2,1-4H3,(H,24,26). The number of rotatable bonds is 6. The molecule has 0 radical (unpaired) electrons. The van der Waals surface area contributed by atoms with E-state index in [0.29, 0.717) is 17.9 Å². The third kappa shape index (κ3) is 4.15. The van der Waals surface area contributed by atoms with Gasteiger partial charge in [-0.2, -0.15) is 5.26 Å². The smallest absolute Gasteiger partial charge is 0.235 e. The fraction of sp³-hybridized carbons (Fsp3) is 0.273. The molecule has 1 aromatic carbocycles. The van der Waals surface area contributed by atoms with Crippen molar-refractivity contribution < 1.29 is 9.21 Å². The van der Waals surface area contributed by atoms with E-state index < -0.39 is 0 Å². The van der Waals surface area contributed by atoms with E-state index in [9.17, 15) is 10.1 Å². The zero-order chi connectivity index (χ0) is 20.3. The van der Waals surface area contributed by atoms with Gasteiger partial charge in [-0.1, -0.05) is 17.7 Å². The molecule has 0 spiro atoms. The average Bonchev–Trinajstić information content (AvgIpc) is 3.24. The summed E-state index contributed by atoms with van der Waals surface area (Å²) in [7, 11) is 0. The molecule has 6 heteroatoms. The molecule has 1 amide bonds. The second-order valence-electron chi connectivity index (χ2n) is 6.82. The minimum atomic E-state index is -0.139. The highest BCUT2D eigenvalue weighted by atomic mass is 32.2. The SMILES string of the molecule is Cc1ccc(SCC(=O)Nc2c(C#N)c(C)c(C)n2Cc2ccco2)c(C)c1. The molecule has 28 heavy (non-hydrogen) atoms. The molecule has 2 heterocycles. The van der Waals surface area contributed by atoms with Crippen molar-refractivity contribution in [1.29, 1.82) is 5.26 Å². The van der Waals surface area contributed by atoms with Crippen LogP contribution in [0.1, 0.15) is 33.7 Å². The van der Waals surface area contributed by atoms with Gasteiger partial charge in [0.25, 0.3) is 0 Å². The lowest BCUT2D eigenvalue weighted by Gasteiger charge is -2.12. The van der Waals surface area contributed by atoms with Gasteiger partial charge in [-0.05, 0) is 57.0 Å². The fourth-order valence-corrected chi connectivity index (χ4v) is 3.97. The summed E-state index contributed by atoms with van der Waals surface area (Å²) in [5.74, 6) is 1.43. The third-order valence-corrected chi connectivity index (χ3v) is 5.96. The van der Waals surface area contributed by atoms with Crippen molar-refractivity contribution in [3.63, 3.8) is 0 Å². The number of nitrogens with zero attached hydrogens (tertiary/aromatic N) is 2. The Bertz CT molecular complexity index is 1040. The van der Waals surface area contributed by atoms with Crippen LogP contribution < -0.4 is 5.32 Å². The first-order valence-corrected chi connectivity index (χ1v) is 10.0. The van der Waals surface area contributed by atoms with Crippen LogP contribution in [-0.4, -0.2) is 16.2 Å². The van der Waals surface area contributed by atoms with E-state index in [1.54, 1.807) is 6.26 Å². The van der Waals surface area contributed by atoms with E-state index in [-0.39, 0.29) is 11.7 Å². The highest BCUT2D eigenvalue weighted by Gasteiger charge is 2.20. The Hall–Kier alpha value is -2.91. The van der Waals surface area contributed by atoms with E-state index in [2.05, 4.69) is 24.4 Å². The molecule has 1 N–H and O–H groups in total. The molecule has 0 atom stereocenters. The van der Waals surface area contributed by atoms with Crippen molar-refractivity contribution in [2.75, 3.05) is 11.1 Å². The number of aryl methyl sites for hydroxylation is 2. The van der Waals surface area contributed by atoms with Gasteiger partial charge in [-0.3, -0.25) is 4.79 Å². The molecule has 0 bridgehead atoms. The zero-order valence-corrected chi connectivity index (χ0v) is 17.3. The predicted molar refractivity (Wildman–Crippen MR) is 112 cm³/mol. The van der Waals surface area contributed by atoms with Crippen LogP contribution in [-0.2, 0) is 11.3 Å². The maximum Gasteiger partial charge on any atom is 0.235 e. The lowest BCUT2D eigenvalue weighted by atomic mass is 10.2. The number of anilines is 1. The largest absolute Gasteiger partial charge is 0.467 e. The van der Waals surface area contributed by atoms with E-state index in [4.69, 9.17) is 4.42 Å². The molecule has 0 aliphatic rings. The molecule has 0 unspecified atom stereocenters. The highest BCUT2D eigenvalue weighted by molar-refractivity contribution is 8.00. The second kappa shape index (κ2) is 8.41. The molecule has 0 aliphatic heterocycles. The van der Waals surface area contributed by atoms with Crippen molar-refractivity contribution >= 4 is 23.5 Å². The number of carbonyl (C=O) groups excluding carboxylic acids is 1. The van der Waals surface area contributed by atoms with E-state index in [1.165, 1.54) is 17.3 Å². The van der Waals surface area contributed by atoms with Crippen molar-refractivity contribution in [2.24, 2.45) is 0 Å². The summed E-state index contributed by atoms with van der Waals surface area (Å²) in [6.07, 6.45) is 1.62. The number of hydrogen-bond acceptors (Lipinski definition) is 4. The molecule has 0 saturated heterocycles. The summed E-state index contributed by atoms with van der Waals surface area (Å²) in [6, 6.07) is 12.1. The van der Waals surface area contributed by atoms with Gasteiger partial charge in [0.2, 0.25) is 5.91 Å². The van der Waals surface area contributed by atoms with Gasteiger partial charge in [0.05, 0.1) is 24.1 Å². The highest BCUT2D eigenvalue weighted by Crippen LogP contribution is 2.28. The molecule has 3 rings (SSSR count). The Morgan fingerprint density at radius 3 is 2.68 bits per heavy atom. The number of amides is 1. The number of aromatic nitrogens is 1. The van der Waals surface area contributed by atoms with Crippen molar-refractivity contribution in [1.82, 2.24) is 4.57 Å². The normalized spacial score (nSPS) is 10.7. The van der Waals surface area contributed by atoms with Gasteiger partial charge in [-0.25, -0.2) is 0 Å². The number of carbonyl (C=O) groups is 1. The third-order valence-electron chi connectivity index (χ3n) is 4.78. The van der Waals surface area contributed by atoms with Crippen LogP contribution in [0.2, 0.25) is 0 Å². The molecular weight excluding hydrogens is 370 g/mol. The maximum atomic E-state index is 12.6. The first-order chi connectivity index (χ1) is 13.4. The van der Waals surface area contributed by atoms with Crippen LogP contribution in [0.3, 0.4) is 0 Å². The molecule has 2 aromatic heterocycles. The molecule has 0 aliphatic carbocycles. The monoisotopic (exact) mass is 393 g/mol. The van der Waals surface area contributed by atoms with Crippen LogP contribution in [0.15, 0.2) is 45.9 Å². The number of thioether (sulfide) groups is 1. The first-order valence-electron chi connectivity index (χ1n) is 9.02. The quantitative estimate of drug-likeness (QED) is 0.601. The van der Waals surface area contributed by atoms with Gasteiger partial charge >= 0.3 is 0 Å². The van der Waals surface area contributed by atoms with Gasteiger partial charge in [0.15, 0.2) is 0 Å².